The number of phosphoric ester groups is 1. The van der Waals surface area contributed by atoms with E-state index in [1.165, 1.54) is 12.3 Å². The number of aromatic amines is 1. The van der Waals surface area contributed by atoms with E-state index in [1.807, 2.05) is 0 Å². The number of rotatable bonds is 7. The Morgan fingerprint density at radius 3 is 2.70 bits per heavy atom. The van der Waals surface area contributed by atoms with Crippen LogP contribution in [-0.4, -0.2) is 51.9 Å². The molecule has 0 aliphatic heterocycles. The summed E-state index contributed by atoms with van der Waals surface area (Å²) in [6.45, 7) is 0.884. The standard InChI is InChI=1S/C16H17N4O7PS2/c1-9-14(29-16(19-9)20-13(21)8-27-28(22,23)24)10-3-4-12(30(2,25)26)11(7-10)15-17-5-6-18-15/h3-7H,8H2,1-2H3,(H,17,18)(H,19,20,21)(H2,22,23,24). The maximum Gasteiger partial charge on any atom is 0.470 e. The number of amides is 1. The minimum absolute atomic E-state index is 0.117. The Labute approximate surface area is 175 Å². The summed E-state index contributed by atoms with van der Waals surface area (Å²) in [6.07, 6.45) is 4.21. The lowest BCUT2D eigenvalue weighted by atomic mass is 10.1. The van der Waals surface area contributed by atoms with Gasteiger partial charge in [0.1, 0.15) is 12.4 Å². The molecule has 0 aliphatic rings. The summed E-state index contributed by atoms with van der Waals surface area (Å²) < 4.78 is 39.1. The van der Waals surface area contributed by atoms with Crippen molar-refractivity contribution in [1.29, 1.82) is 0 Å². The molecule has 0 aliphatic carbocycles. The fourth-order valence-corrected chi connectivity index (χ4v) is 4.74. The Bertz CT molecular complexity index is 1230. The molecule has 2 heterocycles. The van der Waals surface area contributed by atoms with Crippen LogP contribution in [0.25, 0.3) is 21.8 Å². The molecule has 0 saturated carbocycles. The Balaban J connectivity index is 1.92. The monoisotopic (exact) mass is 472 g/mol. The van der Waals surface area contributed by atoms with Crippen LogP contribution in [0.2, 0.25) is 0 Å². The minimum atomic E-state index is -4.76. The number of imidazole rings is 1. The van der Waals surface area contributed by atoms with Crippen molar-refractivity contribution in [3.8, 4) is 21.8 Å². The number of H-pyrrole nitrogens is 1. The van der Waals surface area contributed by atoms with Crippen LogP contribution in [-0.2, 0) is 23.7 Å². The number of thiazole rings is 1. The summed E-state index contributed by atoms with van der Waals surface area (Å²) in [6, 6.07) is 4.78. The zero-order valence-corrected chi connectivity index (χ0v) is 18.2. The first-order valence-electron chi connectivity index (χ1n) is 8.25. The molecule has 0 saturated heterocycles. The van der Waals surface area contributed by atoms with Crippen molar-refractivity contribution in [2.75, 3.05) is 18.2 Å². The molecule has 30 heavy (non-hydrogen) atoms. The second kappa shape index (κ2) is 8.38. The number of phosphoric acid groups is 1. The van der Waals surface area contributed by atoms with Crippen molar-refractivity contribution < 1.29 is 32.1 Å². The van der Waals surface area contributed by atoms with E-state index < -0.39 is 30.2 Å². The molecule has 4 N–H and O–H groups in total. The number of hydrogen-bond acceptors (Lipinski definition) is 8. The van der Waals surface area contributed by atoms with Crippen LogP contribution in [0.3, 0.4) is 0 Å². The maximum absolute atomic E-state index is 12.2. The van der Waals surface area contributed by atoms with Crippen LogP contribution < -0.4 is 5.32 Å². The highest BCUT2D eigenvalue weighted by atomic mass is 32.2. The summed E-state index contributed by atoms with van der Waals surface area (Å²) in [7, 11) is -8.26. The number of hydrogen-bond donors (Lipinski definition) is 4. The lowest BCUT2D eigenvalue weighted by molar-refractivity contribution is -0.118. The predicted octanol–water partition coefficient (Wildman–Crippen LogP) is 1.96. The first-order valence-corrected chi connectivity index (χ1v) is 12.5. The molecular formula is C16H17N4O7PS2. The smallest absolute Gasteiger partial charge is 0.345 e. The van der Waals surface area contributed by atoms with Crippen molar-refractivity contribution in [3.63, 3.8) is 0 Å². The highest BCUT2D eigenvalue weighted by Gasteiger charge is 2.20. The molecule has 3 rings (SSSR count). The van der Waals surface area contributed by atoms with Gasteiger partial charge in [0.25, 0.3) is 5.91 Å². The van der Waals surface area contributed by atoms with Crippen LogP contribution >= 0.6 is 19.2 Å². The minimum Gasteiger partial charge on any atom is -0.345 e. The van der Waals surface area contributed by atoms with E-state index in [0.717, 1.165) is 17.6 Å². The van der Waals surface area contributed by atoms with Gasteiger partial charge < -0.3 is 14.8 Å². The second-order valence-corrected chi connectivity index (χ2v) is 10.4. The molecule has 14 heteroatoms. The van der Waals surface area contributed by atoms with Gasteiger partial charge in [0.2, 0.25) is 0 Å². The number of aromatic nitrogens is 3. The molecule has 0 atom stereocenters. The van der Waals surface area contributed by atoms with E-state index in [1.54, 1.807) is 25.3 Å². The molecule has 0 fully saturated rings. The van der Waals surface area contributed by atoms with Gasteiger partial charge in [-0.3, -0.25) is 14.6 Å². The molecule has 11 nitrogen and oxygen atoms in total. The first kappa shape index (κ1) is 22.3. The number of anilines is 1. The molecule has 1 amide bonds. The van der Waals surface area contributed by atoms with Crippen LogP contribution in [0.4, 0.5) is 5.13 Å². The second-order valence-electron chi connectivity index (χ2n) is 6.17. The summed E-state index contributed by atoms with van der Waals surface area (Å²) in [4.78, 5) is 41.2. The molecule has 2 aromatic heterocycles. The Kier molecular flexibility index (Phi) is 6.22. The van der Waals surface area contributed by atoms with Gasteiger partial charge in [-0.25, -0.2) is 23.0 Å². The molecule has 1 aromatic carbocycles. The Morgan fingerprint density at radius 1 is 1.37 bits per heavy atom. The predicted molar refractivity (Wildman–Crippen MR) is 110 cm³/mol. The summed E-state index contributed by atoms with van der Waals surface area (Å²) in [5, 5.41) is 2.61. The van der Waals surface area contributed by atoms with Crippen molar-refractivity contribution in [2.45, 2.75) is 11.8 Å². The highest BCUT2D eigenvalue weighted by molar-refractivity contribution is 7.90. The quantitative estimate of drug-likeness (QED) is 0.375. The van der Waals surface area contributed by atoms with E-state index >= 15 is 0 Å². The van der Waals surface area contributed by atoms with Gasteiger partial charge in [-0.15, -0.1) is 0 Å². The van der Waals surface area contributed by atoms with Crippen molar-refractivity contribution in [3.05, 3.63) is 36.3 Å². The summed E-state index contributed by atoms with van der Waals surface area (Å²) in [5.74, 6) is -0.384. The summed E-state index contributed by atoms with van der Waals surface area (Å²) >= 11 is 1.12. The molecule has 0 bridgehead atoms. The Hall–Kier alpha value is -2.41. The van der Waals surface area contributed by atoms with Gasteiger partial charge in [0.15, 0.2) is 15.0 Å². The molecular weight excluding hydrogens is 455 g/mol. The van der Waals surface area contributed by atoms with Gasteiger partial charge >= 0.3 is 7.82 Å². The largest absolute Gasteiger partial charge is 0.470 e. The number of nitrogens with zero attached hydrogens (tertiary/aromatic N) is 2. The fourth-order valence-electron chi connectivity index (χ4n) is 2.61. The van der Waals surface area contributed by atoms with E-state index in [0.29, 0.717) is 27.5 Å². The van der Waals surface area contributed by atoms with Crippen molar-refractivity contribution >= 4 is 40.0 Å². The van der Waals surface area contributed by atoms with Crippen LogP contribution in [0, 0.1) is 6.92 Å². The number of sulfone groups is 1. The number of nitrogens with one attached hydrogen (secondary N) is 2. The average Bonchev–Trinajstić information content (AvgIpc) is 3.28. The van der Waals surface area contributed by atoms with Crippen molar-refractivity contribution in [2.24, 2.45) is 0 Å². The van der Waals surface area contributed by atoms with Crippen LogP contribution in [0.5, 0.6) is 0 Å². The van der Waals surface area contributed by atoms with Crippen LogP contribution in [0.1, 0.15) is 5.69 Å². The van der Waals surface area contributed by atoms with Gasteiger partial charge in [0.05, 0.1) is 15.5 Å². The van der Waals surface area contributed by atoms with Gasteiger partial charge in [-0.2, -0.15) is 0 Å². The van der Waals surface area contributed by atoms with Crippen molar-refractivity contribution in [1.82, 2.24) is 15.0 Å². The topological polar surface area (TPSA) is 172 Å². The summed E-state index contributed by atoms with van der Waals surface area (Å²) in [5.41, 5.74) is 1.63. The van der Waals surface area contributed by atoms with E-state index in [2.05, 4.69) is 24.8 Å². The third-order valence-electron chi connectivity index (χ3n) is 3.80. The zero-order valence-electron chi connectivity index (χ0n) is 15.7. The van der Waals surface area contributed by atoms with E-state index in [-0.39, 0.29) is 10.0 Å². The third kappa shape index (κ3) is 5.39. The molecule has 0 unspecified atom stereocenters. The van der Waals surface area contributed by atoms with E-state index in [9.17, 15) is 17.8 Å². The maximum atomic E-state index is 12.2. The van der Waals surface area contributed by atoms with Gasteiger partial charge in [-0.05, 0) is 24.6 Å². The van der Waals surface area contributed by atoms with Crippen LogP contribution in [0.15, 0.2) is 35.5 Å². The number of benzene rings is 1. The van der Waals surface area contributed by atoms with Gasteiger partial charge in [-0.1, -0.05) is 17.4 Å². The van der Waals surface area contributed by atoms with E-state index in [4.69, 9.17) is 9.79 Å². The average molecular weight is 472 g/mol. The molecule has 0 spiro atoms. The molecule has 0 radical (unpaired) electrons. The lowest BCUT2D eigenvalue weighted by Gasteiger charge is -2.08. The number of aryl methyl sites for hydroxylation is 1. The third-order valence-corrected chi connectivity index (χ3v) is 6.54. The lowest BCUT2D eigenvalue weighted by Crippen LogP contribution is -2.17. The number of carbonyl (C=O) groups is 1. The number of carbonyl (C=O) groups excluding carboxylic acids is 1. The van der Waals surface area contributed by atoms with Gasteiger partial charge in [0, 0.05) is 24.2 Å². The highest BCUT2D eigenvalue weighted by Crippen LogP contribution is 2.37. The molecule has 160 valence electrons. The normalized spacial score (nSPS) is 12.1. The molecule has 3 aromatic rings. The zero-order chi connectivity index (χ0) is 22.1. The first-order chi connectivity index (χ1) is 13.9. The Morgan fingerprint density at radius 2 is 2.10 bits per heavy atom. The fraction of sp³-hybridized carbons (Fsp3) is 0.188. The SMILES string of the molecule is Cc1nc(NC(=O)COP(=O)(O)O)sc1-c1ccc(S(C)(=O)=O)c(-c2ncc[nH]2)c1.